The van der Waals surface area contributed by atoms with E-state index in [1.54, 1.807) is 13.1 Å². The quantitative estimate of drug-likeness (QED) is 0.786. The number of carbonyl (C=O) groups excluding carboxylic acids is 1. The molecule has 1 aromatic rings. The van der Waals surface area contributed by atoms with Gasteiger partial charge in [0.2, 0.25) is 0 Å². The molecule has 0 spiro atoms. The molecule has 0 radical (unpaired) electrons. The number of nitrogens with two attached hydrogens (primary N) is 1. The lowest BCUT2D eigenvalue weighted by molar-refractivity contribution is 0.217. The SMILES string of the molecule is CN(Cc1ccc(Cl)s1)C(N)=O. The van der Waals surface area contributed by atoms with Gasteiger partial charge in [-0.15, -0.1) is 11.3 Å². The van der Waals surface area contributed by atoms with Crippen LogP contribution in [0.25, 0.3) is 0 Å². The molecule has 3 nitrogen and oxygen atoms in total. The van der Waals surface area contributed by atoms with Crippen molar-refractivity contribution in [2.75, 3.05) is 7.05 Å². The number of nitrogens with zero attached hydrogens (tertiary/aromatic N) is 1. The van der Waals surface area contributed by atoms with Crippen LogP contribution >= 0.6 is 22.9 Å². The van der Waals surface area contributed by atoms with Crippen molar-refractivity contribution < 1.29 is 4.79 Å². The number of urea groups is 1. The average molecular weight is 205 g/mol. The number of amides is 2. The van der Waals surface area contributed by atoms with E-state index in [0.29, 0.717) is 6.54 Å². The molecule has 1 heterocycles. The largest absolute Gasteiger partial charge is 0.351 e. The van der Waals surface area contributed by atoms with E-state index >= 15 is 0 Å². The molecule has 1 rings (SSSR count). The molecule has 0 aliphatic carbocycles. The van der Waals surface area contributed by atoms with Gasteiger partial charge < -0.3 is 10.6 Å². The third-order valence-electron chi connectivity index (χ3n) is 1.40. The Hall–Kier alpha value is -0.740. The molecule has 0 saturated carbocycles. The minimum absolute atomic E-state index is 0.431. The van der Waals surface area contributed by atoms with Gasteiger partial charge in [-0.05, 0) is 12.1 Å². The lowest BCUT2D eigenvalue weighted by Gasteiger charge is -2.11. The van der Waals surface area contributed by atoms with Crippen molar-refractivity contribution in [3.8, 4) is 0 Å². The van der Waals surface area contributed by atoms with E-state index in [9.17, 15) is 4.79 Å². The normalized spacial score (nSPS) is 9.83. The fourth-order valence-corrected chi connectivity index (χ4v) is 1.89. The highest BCUT2D eigenvalue weighted by Gasteiger charge is 2.05. The Balaban J connectivity index is 2.58. The topological polar surface area (TPSA) is 46.3 Å². The number of hydrogen-bond donors (Lipinski definition) is 1. The minimum Gasteiger partial charge on any atom is -0.351 e. The smallest absolute Gasteiger partial charge is 0.314 e. The molecule has 0 saturated heterocycles. The minimum atomic E-state index is -0.431. The van der Waals surface area contributed by atoms with Gasteiger partial charge in [-0.1, -0.05) is 11.6 Å². The second kappa shape index (κ2) is 3.78. The lowest BCUT2D eigenvalue weighted by atomic mass is 10.4. The van der Waals surface area contributed by atoms with Crippen molar-refractivity contribution in [3.05, 3.63) is 21.3 Å². The zero-order chi connectivity index (χ0) is 9.14. The highest BCUT2D eigenvalue weighted by molar-refractivity contribution is 7.16. The van der Waals surface area contributed by atoms with Crippen LogP contribution < -0.4 is 5.73 Å². The summed E-state index contributed by atoms with van der Waals surface area (Å²) in [5, 5.41) is 0. The Labute approximate surface area is 79.7 Å². The number of rotatable bonds is 2. The summed E-state index contributed by atoms with van der Waals surface area (Å²) >= 11 is 7.16. The molecule has 0 atom stereocenters. The first-order valence-corrected chi connectivity index (χ1v) is 4.54. The highest BCUT2D eigenvalue weighted by atomic mass is 35.5. The molecule has 0 fully saturated rings. The van der Waals surface area contributed by atoms with Crippen LogP contribution in [0.4, 0.5) is 4.79 Å². The van der Waals surface area contributed by atoms with E-state index in [1.165, 1.54) is 16.2 Å². The van der Waals surface area contributed by atoms with Crippen molar-refractivity contribution in [1.82, 2.24) is 4.90 Å². The fraction of sp³-hybridized carbons (Fsp3) is 0.286. The first-order chi connectivity index (χ1) is 5.59. The molecule has 12 heavy (non-hydrogen) atoms. The van der Waals surface area contributed by atoms with Crippen LogP contribution in [0.15, 0.2) is 12.1 Å². The van der Waals surface area contributed by atoms with Crippen LogP contribution in [0.3, 0.4) is 0 Å². The molecule has 0 aliphatic rings. The summed E-state index contributed by atoms with van der Waals surface area (Å²) in [6.07, 6.45) is 0. The predicted molar refractivity (Wildman–Crippen MR) is 50.4 cm³/mol. The second-order valence-electron chi connectivity index (χ2n) is 2.40. The molecule has 2 N–H and O–H groups in total. The molecule has 0 bridgehead atoms. The van der Waals surface area contributed by atoms with Crippen molar-refractivity contribution in [2.24, 2.45) is 5.73 Å². The van der Waals surface area contributed by atoms with Crippen molar-refractivity contribution in [1.29, 1.82) is 0 Å². The van der Waals surface area contributed by atoms with Gasteiger partial charge in [0.25, 0.3) is 0 Å². The molecule has 1 aromatic heterocycles. The number of primary amides is 1. The Morgan fingerprint density at radius 2 is 2.42 bits per heavy atom. The van der Waals surface area contributed by atoms with Crippen LogP contribution in [0.1, 0.15) is 4.88 Å². The van der Waals surface area contributed by atoms with Crippen molar-refractivity contribution >= 4 is 29.0 Å². The Morgan fingerprint density at radius 1 is 1.75 bits per heavy atom. The van der Waals surface area contributed by atoms with Gasteiger partial charge in [0.15, 0.2) is 0 Å². The van der Waals surface area contributed by atoms with E-state index < -0.39 is 6.03 Å². The summed E-state index contributed by atoms with van der Waals surface area (Å²) in [4.78, 5) is 13.1. The van der Waals surface area contributed by atoms with Gasteiger partial charge in [-0.3, -0.25) is 0 Å². The summed E-state index contributed by atoms with van der Waals surface area (Å²) in [5.74, 6) is 0. The van der Waals surface area contributed by atoms with Crippen LogP contribution in [0.2, 0.25) is 4.34 Å². The molecule has 0 aromatic carbocycles. The maximum Gasteiger partial charge on any atom is 0.314 e. The number of halogens is 1. The van der Waals surface area contributed by atoms with Gasteiger partial charge >= 0.3 is 6.03 Å². The molecular weight excluding hydrogens is 196 g/mol. The van der Waals surface area contributed by atoms with E-state index in [2.05, 4.69) is 0 Å². The third-order valence-corrected chi connectivity index (χ3v) is 2.61. The van der Waals surface area contributed by atoms with E-state index in [4.69, 9.17) is 17.3 Å². The predicted octanol–water partition coefficient (Wildman–Crippen LogP) is 1.91. The lowest BCUT2D eigenvalue weighted by Crippen LogP contribution is -2.31. The standard InChI is InChI=1S/C7H9ClN2OS/c1-10(7(9)11)4-5-2-3-6(8)12-5/h2-3H,4H2,1H3,(H2,9,11). The van der Waals surface area contributed by atoms with Crippen molar-refractivity contribution in [2.45, 2.75) is 6.54 Å². The summed E-state index contributed by atoms with van der Waals surface area (Å²) in [6, 6.07) is 3.25. The Kier molecular flexibility index (Phi) is 2.94. The van der Waals surface area contributed by atoms with Crippen LogP contribution in [0, 0.1) is 0 Å². The molecule has 2 amide bonds. The summed E-state index contributed by atoms with van der Waals surface area (Å²) in [7, 11) is 1.65. The maximum absolute atomic E-state index is 10.6. The maximum atomic E-state index is 10.6. The number of carbonyl (C=O) groups is 1. The van der Waals surface area contributed by atoms with E-state index in [1.807, 2.05) is 6.07 Å². The van der Waals surface area contributed by atoms with Gasteiger partial charge in [-0.2, -0.15) is 0 Å². The second-order valence-corrected chi connectivity index (χ2v) is 4.20. The monoisotopic (exact) mass is 204 g/mol. The Bertz CT molecular complexity index is 287. The molecule has 5 heteroatoms. The third kappa shape index (κ3) is 2.39. The van der Waals surface area contributed by atoms with Gasteiger partial charge in [-0.25, -0.2) is 4.79 Å². The first-order valence-electron chi connectivity index (χ1n) is 3.34. The zero-order valence-corrected chi connectivity index (χ0v) is 8.15. The van der Waals surface area contributed by atoms with Crippen LogP contribution in [-0.4, -0.2) is 18.0 Å². The first kappa shape index (κ1) is 9.35. The van der Waals surface area contributed by atoms with Crippen LogP contribution in [-0.2, 0) is 6.54 Å². The van der Waals surface area contributed by atoms with Gasteiger partial charge in [0.05, 0.1) is 10.9 Å². The summed E-state index contributed by atoms with van der Waals surface area (Å²) in [5.41, 5.74) is 5.05. The van der Waals surface area contributed by atoms with Gasteiger partial charge in [0, 0.05) is 11.9 Å². The van der Waals surface area contributed by atoms with Gasteiger partial charge in [0.1, 0.15) is 0 Å². The Morgan fingerprint density at radius 3 is 2.83 bits per heavy atom. The van der Waals surface area contributed by atoms with Crippen LogP contribution in [0.5, 0.6) is 0 Å². The van der Waals surface area contributed by atoms with E-state index in [0.717, 1.165) is 9.21 Å². The molecule has 66 valence electrons. The van der Waals surface area contributed by atoms with Crippen molar-refractivity contribution in [3.63, 3.8) is 0 Å². The van der Waals surface area contributed by atoms with E-state index in [-0.39, 0.29) is 0 Å². The number of thiophene rings is 1. The summed E-state index contributed by atoms with van der Waals surface area (Å²) in [6.45, 7) is 0.521. The molecule has 0 aliphatic heterocycles. The zero-order valence-electron chi connectivity index (χ0n) is 6.58. The molecule has 0 unspecified atom stereocenters. The molecular formula is C7H9ClN2OS. The number of hydrogen-bond acceptors (Lipinski definition) is 2. The average Bonchev–Trinajstić information content (AvgIpc) is 2.35. The fourth-order valence-electron chi connectivity index (χ4n) is 0.748. The highest BCUT2D eigenvalue weighted by Crippen LogP contribution is 2.22. The summed E-state index contributed by atoms with van der Waals surface area (Å²) < 4.78 is 0.725.